The third-order valence-corrected chi connectivity index (χ3v) is 4.17. The maximum atomic E-state index is 11.6. The molecule has 0 aliphatic carbocycles. The summed E-state index contributed by atoms with van der Waals surface area (Å²) in [4.78, 5) is 11.6. The lowest BCUT2D eigenvalue weighted by Gasteiger charge is -2.03. The molecule has 0 bridgehead atoms. The molecule has 0 amide bonds. The molecule has 134 valence electrons. The summed E-state index contributed by atoms with van der Waals surface area (Å²) in [7, 11) is 0. The van der Waals surface area contributed by atoms with Gasteiger partial charge in [0.2, 0.25) is 0 Å². The molecule has 0 saturated heterocycles. The molecule has 24 heavy (non-hydrogen) atoms. The first kappa shape index (κ1) is 20.5. The van der Waals surface area contributed by atoms with Crippen molar-refractivity contribution >= 4 is 5.97 Å². The van der Waals surface area contributed by atoms with Crippen LogP contribution < -0.4 is 0 Å². The van der Waals surface area contributed by atoms with Crippen LogP contribution in [0.4, 0.5) is 0 Å². The van der Waals surface area contributed by atoms with E-state index in [9.17, 15) is 4.79 Å². The van der Waals surface area contributed by atoms with Crippen molar-refractivity contribution in [3.63, 3.8) is 0 Å². The van der Waals surface area contributed by atoms with Crippen LogP contribution in [0.5, 0.6) is 0 Å². The summed E-state index contributed by atoms with van der Waals surface area (Å²) in [5, 5.41) is 0. The molecular formula is C22H34O2. The molecule has 0 atom stereocenters. The van der Waals surface area contributed by atoms with Gasteiger partial charge in [-0.2, -0.15) is 0 Å². The first-order chi connectivity index (χ1) is 11.8. The van der Waals surface area contributed by atoms with Gasteiger partial charge in [-0.15, -0.1) is 0 Å². The monoisotopic (exact) mass is 330 g/mol. The van der Waals surface area contributed by atoms with Crippen molar-refractivity contribution in [1.29, 1.82) is 0 Å². The molecule has 1 rings (SSSR count). The van der Waals surface area contributed by atoms with E-state index in [-0.39, 0.29) is 5.97 Å². The minimum atomic E-state index is -0.0766. The maximum absolute atomic E-state index is 11.6. The van der Waals surface area contributed by atoms with Crippen LogP contribution in [0, 0.1) is 0 Å². The standard InChI is InChI=1S/C22H34O2/c1-2-3-4-5-6-7-8-9-15-20-24-22(23)19-14-13-18-21-16-11-10-12-17-21/h9-12,15-17H,2-8,13-14,18-20H2,1H3/b15-9+. The SMILES string of the molecule is CCCCCCCC/C=C/COC(=O)CCCCc1ccccc1. The van der Waals surface area contributed by atoms with Crippen LogP contribution in [0.1, 0.15) is 76.7 Å². The van der Waals surface area contributed by atoms with E-state index in [1.807, 2.05) is 12.1 Å². The van der Waals surface area contributed by atoms with Crippen molar-refractivity contribution in [3.8, 4) is 0 Å². The highest BCUT2D eigenvalue weighted by Crippen LogP contribution is 2.08. The molecule has 1 aromatic carbocycles. The number of benzene rings is 1. The summed E-state index contributed by atoms with van der Waals surface area (Å²) in [6.07, 6.45) is 16.6. The summed E-state index contributed by atoms with van der Waals surface area (Å²) >= 11 is 0. The van der Waals surface area contributed by atoms with E-state index in [2.05, 4.69) is 37.3 Å². The number of hydrogen-bond donors (Lipinski definition) is 0. The van der Waals surface area contributed by atoms with Crippen LogP contribution in [0.25, 0.3) is 0 Å². The second-order valence-electron chi connectivity index (χ2n) is 6.40. The number of unbranched alkanes of at least 4 members (excludes halogenated alkanes) is 7. The van der Waals surface area contributed by atoms with Gasteiger partial charge in [0.25, 0.3) is 0 Å². The minimum absolute atomic E-state index is 0.0766. The molecule has 0 unspecified atom stereocenters. The van der Waals surface area contributed by atoms with Gasteiger partial charge in [0.05, 0.1) is 0 Å². The Morgan fingerprint density at radius 2 is 1.67 bits per heavy atom. The predicted octanol–water partition coefficient (Wildman–Crippen LogP) is 6.25. The van der Waals surface area contributed by atoms with Crippen molar-refractivity contribution in [2.75, 3.05) is 6.61 Å². The van der Waals surface area contributed by atoms with Gasteiger partial charge in [-0.3, -0.25) is 4.79 Å². The third kappa shape index (κ3) is 11.9. The topological polar surface area (TPSA) is 26.3 Å². The molecule has 2 nitrogen and oxygen atoms in total. The fourth-order valence-corrected chi connectivity index (χ4v) is 2.68. The van der Waals surface area contributed by atoms with Gasteiger partial charge in [0, 0.05) is 6.42 Å². The Balaban J connectivity index is 1.89. The van der Waals surface area contributed by atoms with Gasteiger partial charge in [0.1, 0.15) is 6.61 Å². The van der Waals surface area contributed by atoms with Gasteiger partial charge in [-0.1, -0.05) is 81.5 Å². The van der Waals surface area contributed by atoms with Gasteiger partial charge in [-0.25, -0.2) is 0 Å². The lowest BCUT2D eigenvalue weighted by molar-refractivity contribution is -0.142. The first-order valence-electron chi connectivity index (χ1n) is 9.67. The molecule has 0 N–H and O–H groups in total. The molecule has 0 saturated carbocycles. The highest BCUT2D eigenvalue weighted by atomic mass is 16.5. The Morgan fingerprint density at radius 1 is 0.917 bits per heavy atom. The van der Waals surface area contributed by atoms with Crippen molar-refractivity contribution < 1.29 is 9.53 Å². The second-order valence-corrected chi connectivity index (χ2v) is 6.40. The number of esters is 1. The van der Waals surface area contributed by atoms with E-state index < -0.39 is 0 Å². The molecule has 0 aliphatic heterocycles. The van der Waals surface area contributed by atoms with Gasteiger partial charge >= 0.3 is 5.97 Å². The summed E-state index contributed by atoms with van der Waals surface area (Å²) in [5.41, 5.74) is 1.34. The molecule has 0 spiro atoms. The van der Waals surface area contributed by atoms with Crippen LogP contribution in [0.2, 0.25) is 0 Å². The van der Waals surface area contributed by atoms with Gasteiger partial charge in [0.15, 0.2) is 0 Å². The fraction of sp³-hybridized carbons (Fsp3) is 0.591. The summed E-state index contributed by atoms with van der Waals surface area (Å²) in [5.74, 6) is -0.0766. The quantitative estimate of drug-likeness (QED) is 0.229. The van der Waals surface area contributed by atoms with Crippen molar-refractivity contribution in [2.24, 2.45) is 0 Å². The number of carbonyl (C=O) groups excluding carboxylic acids is 1. The van der Waals surface area contributed by atoms with Gasteiger partial charge in [-0.05, 0) is 37.7 Å². The van der Waals surface area contributed by atoms with E-state index in [1.54, 1.807) is 0 Å². The fourth-order valence-electron chi connectivity index (χ4n) is 2.68. The average molecular weight is 331 g/mol. The lowest BCUT2D eigenvalue weighted by Crippen LogP contribution is -2.04. The number of ether oxygens (including phenoxy) is 1. The third-order valence-electron chi connectivity index (χ3n) is 4.17. The Bertz CT molecular complexity index is 437. The number of allylic oxidation sites excluding steroid dienone is 1. The maximum Gasteiger partial charge on any atom is 0.306 e. The smallest absolute Gasteiger partial charge is 0.306 e. The van der Waals surface area contributed by atoms with Crippen LogP contribution in [-0.2, 0) is 16.0 Å². The number of hydrogen-bond acceptors (Lipinski definition) is 2. The number of aryl methyl sites for hydroxylation is 1. The Labute approximate surface area is 148 Å². The first-order valence-corrected chi connectivity index (χ1v) is 9.67. The molecule has 2 heteroatoms. The van der Waals surface area contributed by atoms with E-state index in [0.717, 1.165) is 25.7 Å². The Morgan fingerprint density at radius 3 is 2.46 bits per heavy atom. The molecule has 0 aliphatic rings. The lowest BCUT2D eigenvalue weighted by atomic mass is 10.1. The molecule has 1 aromatic rings. The predicted molar refractivity (Wildman–Crippen MR) is 102 cm³/mol. The number of carbonyl (C=O) groups is 1. The zero-order valence-corrected chi connectivity index (χ0v) is 15.3. The van der Waals surface area contributed by atoms with Crippen LogP contribution in [-0.4, -0.2) is 12.6 Å². The highest BCUT2D eigenvalue weighted by Gasteiger charge is 2.01. The summed E-state index contributed by atoms with van der Waals surface area (Å²) in [6.45, 7) is 2.67. The largest absolute Gasteiger partial charge is 0.461 e. The van der Waals surface area contributed by atoms with E-state index in [1.165, 1.54) is 44.1 Å². The van der Waals surface area contributed by atoms with E-state index in [4.69, 9.17) is 4.74 Å². The van der Waals surface area contributed by atoms with E-state index in [0.29, 0.717) is 13.0 Å². The number of rotatable bonds is 14. The molecular weight excluding hydrogens is 296 g/mol. The molecule has 0 fully saturated rings. The van der Waals surface area contributed by atoms with Crippen molar-refractivity contribution in [1.82, 2.24) is 0 Å². The molecule has 0 heterocycles. The van der Waals surface area contributed by atoms with Crippen LogP contribution in [0.3, 0.4) is 0 Å². The second kappa shape index (κ2) is 15.0. The minimum Gasteiger partial charge on any atom is -0.461 e. The van der Waals surface area contributed by atoms with E-state index >= 15 is 0 Å². The zero-order chi connectivity index (χ0) is 17.3. The Hall–Kier alpha value is -1.57. The summed E-state index contributed by atoms with van der Waals surface area (Å²) in [6, 6.07) is 10.4. The highest BCUT2D eigenvalue weighted by molar-refractivity contribution is 5.69. The average Bonchev–Trinajstić information content (AvgIpc) is 2.61. The Kier molecular flexibility index (Phi) is 12.8. The van der Waals surface area contributed by atoms with Crippen molar-refractivity contribution in [3.05, 3.63) is 48.0 Å². The normalized spacial score (nSPS) is 11.0. The molecule has 0 radical (unpaired) electrons. The zero-order valence-electron chi connectivity index (χ0n) is 15.3. The summed E-state index contributed by atoms with van der Waals surface area (Å²) < 4.78 is 5.23. The van der Waals surface area contributed by atoms with Crippen LogP contribution >= 0.6 is 0 Å². The van der Waals surface area contributed by atoms with Gasteiger partial charge < -0.3 is 4.74 Å². The van der Waals surface area contributed by atoms with Crippen LogP contribution in [0.15, 0.2) is 42.5 Å². The van der Waals surface area contributed by atoms with Crippen molar-refractivity contribution in [2.45, 2.75) is 77.6 Å². The molecule has 0 aromatic heterocycles.